The van der Waals surface area contributed by atoms with Crippen LogP contribution in [0.15, 0.2) is 10.7 Å². The Bertz CT molecular complexity index is 351. The van der Waals surface area contributed by atoms with E-state index in [1.165, 1.54) is 5.69 Å². The van der Waals surface area contributed by atoms with Gasteiger partial charge in [0.15, 0.2) is 0 Å². The first-order valence-electron chi connectivity index (χ1n) is 5.90. The Morgan fingerprint density at radius 3 is 2.47 bits per heavy atom. The smallest absolute Gasteiger partial charge is 0.0711 e. The van der Waals surface area contributed by atoms with E-state index in [1.54, 1.807) is 0 Å². The predicted octanol–water partition coefficient (Wildman–Crippen LogP) is 2.17. The number of halogens is 1. The molecule has 0 saturated carbocycles. The number of nitrogens with one attached hydrogen (secondary N) is 1. The van der Waals surface area contributed by atoms with Crippen LogP contribution in [0.5, 0.6) is 0 Å². The van der Waals surface area contributed by atoms with Crippen LogP contribution in [-0.4, -0.2) is 40.9 Å². The molecule has 5 heteroatoms. The highest BCUT2D eigenvalue weighted by Crippen LogP contribution is 2.33. The Morgan fingerprint density at radius 1 is 1.53 bits per heavy atom. The van der Waals surface area contributed by atoms with Crippen LogP contribution in [0.4, 0.5) is 0 Å². The molecule has 1 unspecified atom stereocenters. The molecule has 0 aliphatic heterocycles. The lowest BCUT2D eigenvalue weighted by Crippen LogP contribution is -2.50. The maximum absolute atomic E-state index is 4.30. The molecule has 0 saturated heterocycles. The van der Waals surface area contributed by atoms with E-state index in [0.717, 1.165) is 11.0 Å². The zero-order valence-electron chi connectivity index (χ0n) is 11.6. The number of aryl methyl sites for hydroxylation is 1. The number of hydrogen-bond acceptors (Lipinski definition) is 3. The van der Waals surface area contributed by atoms with Crippen LogP contribution in [0.3, 0.4) is 0 Å². The summed E-state index contributed by atoms with van der Waals surface area (Å²) in [7, 11) is 6.19. The van der Waals surface area contributed by atoms with Crippen molar-refractivity contribution in [3.8, 4) is 0 Å². The molecule has 0 aliphatic carbocycles. The summed E-state index contributed by atoms with van der Waals surface area (Å²) in [6, 6.07) is 0.226. The average molecular weight is 303 g/mol. The summed E-state index contributed by atoms with van der Waals surface area (Å²) in [5.41, 5.74) is 1.19. The van der Waals surface area contributed by atoms with Crippen LogP contribution < -0.4 is 5.32 Å². The Labute approximate surface area is 113 Å². The van der Waals surface area contributed by atoms with E-state index < -0.39 is 0 Å². The van der Waals surface area contributed by atoms with E-state index in [-0.39, 0.29) is 11.6 Å². The molecular formula is C12H23BrN4. The molecule has 1 N–H and O–H groups in total. The molecule has 4 nitrogen and oxygen atoms in total. The molecule has 0 aromatic carbocycles. The summed E-state index contributed by atoms with van der Waals surface area (Å²) in [6.45, 7) is 7.53. The highest BCUT2D eigenvalue weighted by atomic mass is 79.9. The number of likely N-dealkylation sites (N-methyl/N-ethyl adjacent to an activating group) is 2. The van der Waals surface area contributed by atoms with Gasteiger partial charge in [-0.1, -0.05) is 6.92 Å². The third-order valence-corrected chi connectivity index (χ3v) is 4.09. The van der Waals surface area contributed by atoms with Gasteiger partial charge in [-0.25, -0.2) is 0 Å². The fourth-order valence-electron chi connectivity index (χ4n) is 1.89. The molecule has 0 fully saturated rings. The third kappa shape index (κ3) is 2.89. The summed E-state index contributed by atoms with van der Waals surface area (Å²) in [5.74, 6) is 0. The summed E-state index contributed by atoms with van der Waals surface area (Å²) in [6.07, 6.45) is 1.85. The van der Waals surface area contributed by atoms with Crippen molar-refractivity contribution >= 4 is 15.9 Å². The van der Waals surface area contributed by atoms with Crippen molar-refractivity contribution in [1.82, 2.24) is 20.0 Å². The fourth-order valence-corrected chi connectivity index (χ4v) is 2.47. The van der Waals surface area contributed by atoms with E-state index in [1.807, 2.05) is 17.9 Å². The standard InChI is InChI=1S/C12H23BrN4/c1-7-14-11(12(2,3)16(4)5)10-9(13)8-15-17(10)6/h8,11,14H,7H2,1-6H3. The fraction of sp³-hybridized carbons (Fsp3) is 0.750. The number of hydrogen-bond donors (Lipinski definition) is 1. The average Bonchev–Trinajstić information content (AvgIpc) is 2.55. The second-order valence-electron chi connectivity index (χ2n) is 5.04. The van der Waals surface area contributed by atoms with Crippen molar-refractivity contribution in [3.63, 3.8) is 0 Å². The topological polar surface area (TPSA) is 33.1 Å². The van der Waals surface area contributed by atoms with Gasteiger partial charge < -0.3 is 10.2 Å². The van der Waals surface area contributed by atoms with Crippen molar-refractivity contribution < 1.29 is 0 Å². The largest absolute Gasteiger partial charge is 0.307 e. The molecular weight excluding hydrogens is 280 g/mol. The Balaban J connectivity index is 3.18. The third-order valence-electron chi connectivity index (χ3n) is 3.48. The highest BCUT2D eigenvalue weighted by Gasteiger charge is 2.35. The maximum atomic E-state index is 4.30. The van der Waals surface area contributed by atoms with Gasteiger partial charge in [0.2, 0.25) is 0 Å². The molecule has 0 bridgehead atoms. The van der Waals surface area contributed by atoms with E-state index in [9.17, 15) is 0 Å². The molecule has 0 amide bonds. The van der Waals surface area contributed by atoms with Crippen molar-refractivity contribution in [2.24, 2.45) is 7.05 Å². The van der Waals surface area contributed by atoms with E-state index >= 15 is 0 Å². The van der Waals surface area contributed by atoms with Crippen molar-refractivity contribution in [1.29, 1.82) is 0 Å². The van der Waals surface area contributed by atoms with Crippen LogP contribution >= 0.6 is 15.9 Å². The monoisotopic (exact) mass is 302 g/mol. The van der Waals surface area contributed by atoms with E-state index in [0.29, 0.717) is 0 Å². The molecule has 1 rings (SSSR count). The van der Waals surface area contributed by atoms with Crippen LogP contribution in [0.2, 0.25) is 0 Å². The number of aromatic nitrogens is 2. The molecule has 0 spiro atoms. The van der Waals surface area contributed by atoms with Crippen LogP contribution in [-0.2, 0) is 7.05 Å². The Kier molecular flexibility index (Phi) is 4.75. The van der Waals surface area contributed by atoms with Gasteiger partial charge in [-0.2, -0.15) is 5.10 Å². The summed E-state index contributed by atoms with van der Waals surface area (Å²) >= 11 is 3.59. The SMILES string of the molecule is CCNC(c1c(Br)cnn1C)C(C)(C)N(C)C. The summed E-state index contributed by atoms with van der Waals surface area (Å²) in [4.78, 5) is 2.24. The number of nitrogens with zero attached hydrogens (tertiary/aromatic N) is 3. The molecule has 1 atom stereocenters. The zero-order chi connectivity index (χ0) is 13.2. The van der Waals surface area contributed by atoms with Crippen molar-refractivity contribution in [2.45, 2.75) is 32.4 Å². The second-order valence-corrected chi connectivity index (χ2v) is 5.89. The summed E-state index contributed by atoms with van der Waals surface area (Å²) < 4.78 is 2.99. The van der Waals surface area contributed by atoms with Gasteiger partial charge in [0.05, 0.1) is 22.4 Å². The van der Waals surface area contributed by atoms with Gasteiger partial charge in [0.25, 0.3) is 0 Å². The van der Waals surface area contributed by atoms with Gasteiger partial charge in [-0.05, 0) is 50.4 Å². The molecule has 17 heavy (non-hydrogen) atoms. The Morgan fingerprint density at radius 2 is 2.12 bits per heavy atom. The van der Waals surface area contributed by atoms with Crippen molar-refractivity contribution in [3.05, 3.63) is 16.4 Å². The lowest BCUT2D eigenvalue weighted by atomic mass is 9.90. The minimum absolute atomic E-state index is 0.00627. The minimum Gasteiger partial charge on any atom is -0.307 e. The predicted molar refractivity (Wildman–Crippen MR) is 75.1 cm³/mol. The van der Waals surface area contributed by atoms with E-state index in [4.69, 9.17) is 0 Å². The van der Waals surface area contributed by atoms with Gasteiger partial charge in [0.1, 0.15) is 0 Å². The maximum Gasteiger partial charge on any atom is 0.0711 e. The quantitative estimate of drug-likeness (QED) is 0.905. The zero-order valence-corrected chi connectivity index (χ0v) is 13.2. The molecule has 1 heterocycles. The first kappa shape index (κ1) is 14.7. The van der Waals surface area contributed by atoms with Gasteiger partial charge in [0, 0.05) is 12.6 Å². The first-order chi connectivity index (χ1) is 7.82. The lowest BCUT2D eigenvalue weighted by molar-refractivity contribution is 0.134. The molecule has 0 aliphatic rings. The first-order valence-corrected chi connectivity index (χ1v) is 6.69. The minimum atomic E-state index is 0.00627. The van der Waals surface area contributed by atoms with Gasteiger partial charge in [-0.3, -0.25) is 4.68 Å². The second kappa shape index (κ2) is 5.50. The highest BCUT2D eigenvalue weighted by molar-refractivity contribution is 9.10. The van der Waals surface area contributed by atoms with E-state index in [2.05, 4.69) is 66.1 Å². The number of rotatable bonds is 5. The molecule has 1 aromatic rings. The van der Waals surface area contributed by atoms with Gasteiger partial charge >= 0.3 is 0 Å². The molecule has 98 valence electrons. The van der Waals surface area contributed by atoms with Crippen LogP contribution in [0, 0.1) is 0 Å². The van der Waals surface area contributed by atoms with Crippen LogP contribution in [0.1, 0.15) is 32.5 Å². The normalized spacial score (nSPS) is 14.4. The van der Waals surface area contributed by atoms with Gasteiger partial charge in [-0.15, -0.1) is 0 Å². The summed E-state index contributed by atoms with van der Waals surface area (Å²) in [5, 5.41) is 7.86. The molecule has 0 radical (unpaired) electrons. The van der Waals surface area contributed by atoms with Crippen LogP contribution in [0.25, 0.3) is 0 Å². The molecule has 1 aromatic heterocycles. The lowest BCUT2D eigenvalue weighted by Gasteiger charge is -2.40. The van der Waals surface area contributed by atoms with Crippen molar-refractivity contribution in [2.75, 3.05) is 20.6 Å². The Hall–Kier alpha value is -0.390.